The second kappa shape index (κ2) is 11.8. The van der Waals surface area contributed by atoms with Crippen molar-refractivity contribution in [2.75, 3.05) is 14.1 Å². The monoisotopic (exact) mass is 445 g/mol. The number of nitrogens with one attached hydrogen (secondary N) is 2. The molecule has 7 nitrogen and oxygen atoms in total. The summed E-state index contributed by atoms with van der Waals surface area (Å²) < 4.78 is 0. The number of likely N-dealkylation sites (N-methyl/N-ethyl adjacent to an activating group) is 2. The maximum atomic E-state index is 13.5. The Hall–Kier alpha value is -2.67. The highest BCUT2D eigenvalue weighted by molar-refractivity contribution is 5.91. The first-order valence-electron chi connectivity index (χ1n) is 11.0. The van der Waals surface area contributed by atoms with Crippen molar-refractivity contribution >= 4 is 17.8 Å². The summed E-state index contributed by atoms with van der Waals surface area (Å²) in [4.78, 5) is 39.5. The fourth-order valence-corrected chi connectivity index (χ4v) is 3.50. The lowest BCUT2D eigenvalue weighted by atomic mass is 9.84. The van der Waals surface area contributed by atoms with Gasteiger partial charge in [-0.25, -0.2) is 4.79 Å². The zero-order valence-corrected chi connectivity index (χ0v) is 20.6. The van der Waals surface area contributed by atoms with E-state index in [1.807, 2.05) is 65.0 Å². The Morgan fingerprint density at radius 1 is 1.12 bits per heavy atom. The van der Waals surface area contributed by atoms with Gasteiger partial charge in [0.25, 0.3) is 0 Å². The quantitative estimate of drug-likeness (QED) is 0.481. The van der Waals surface area contributed by atoms with Gasteiger partial charge in [-0.3, -0.25) is 9.59 Å². The fourth-order valence-electron chi connectivity index (χ4n) is 3.50. The zero-order chi connectivity index (χ0) is 24.6. The molecule has 0 aromatic heterocycles. The van der Waals surface area contributed by atoms with Crippen LogP contribution in [0, 0.1) is 11.3 Å². The molecule has 1 aromatic rings. The van der Waals surface area contributed by atoms with Gasteiger partial charge in [0.2, 0.25) is 11.8 Å². The molecule has 0 heterocycles. The van der Waals surface area contributed by atoms with Crippen LogP contribution in [0.25, 0.3) is 0 Å². The van der Waals surface area contributed by atoms with Crippen molar-refractivity contribution in [3.8, 4) is 0 Å². The summed E-state index contributed by atoms with van der Waals surface area (Å²) in [5.74, 6) is -1.53. The van der Waals surface area contributed by atoms with Gasteiger partial charge in [0.1, 0.15) is 6.04 Å². The summed E-state index contributed by atoms with van der Waals surface area (Å²) in [5, 5.41) is 15.3. The third kappa shape index (κ3) is 7.79. The second-order valence-corrected chi connectivity index (χ2v) is 9.68. The molecule has 2 unspecified atom stereocenters. The van der Waals surface area contributed by atoms with E-state index in [1.54, 1.807) is 25.1 Å². The van der Waals surface area contributed by atoms with Crippen LogP contribution in [0.3, 0.4) is 0 Å². The van der Waals surface area contributed by atoms with E-state index in [0.29, 0.717) is 6.42 Å². The van der Waals surface area contributed by atoms with Crippen LogP contribution < -0.4 is 10.6 Å². The summed E-state index contributed by atoms with van der Waals surface area (Å²) in [6.07, 6.45) is 2.09. The molecule has 2 amide bonds. The molecule has 7 heteroatoms. The van der Waals surface area contributed by atoms with Crippen LogP contribution in [0.2, 0.25) is 0 Å². The summed E-state index contributed by atoms with van der Waals surface area (Å²) in [7, 11) is 3.38. The van der Waals surface area contributed by atoms with Gasteiger partial charge < -0.3 is 20.6 Å². The first-order valence-corrected chi connectivity index (χ1v) is 11.0. The van der Waals surface area contributed by atoms with E-state index in [9.17, 15) is 19.5 Å². The Morgan fingerprint density at radius 2 is 1.69 bits per heavy atom. The third-order valence-electron chi connectivity index (χ3n) is 5.58. The number of nitrogens with zero attached hydrogens (tertiary/aromatic N) is 1. The molecule has 1 aromatic carbocycles. The number of benzene rings is 1. The maximum Gasteiger partial charge on any atom is 0.331 e. The van der Waals surface area contributed by atoms with Crippen molar-refractivity contribution in [2.24, 2.45) is 11.3 Å². The standard InChI is InChI=1S/C25H39N3O4/c1-16(2)20(14-17(3)24(31)32)28(8)23(30)21(25(4,5)6)27-22(29)19(26-7)15-18-12-10-9-11-13-18/h9-14,16,19-21,26H,15H2,1-8H3,(H,27,29)(H,31,32)/b17-14+/t19?,20-,21?/m1/s1. The molecule has 0 aliphatic heterocycles. The Morgan fingerprint density at radius 3 is 2.12 bits per heavy atom. The van der Waals surface area contributed by atoms with E-state index >= 15 is 0 Å². The number of carboxylic acids is 1. The van der Waals surface area contributed by atoms with Crippen molar-refractivity contribution in [3.05, 3.63) is 47.5 Å². The highest BCUT2D eigenvalue weighted by atomic mass is 16.4. The molecule has 1 rings (SSSR count). The lowest BCUT2D eigenvalue weighted by Gasteiger charge is -2.38. The second-order valence-electron chi connectivity index (χ2n) is 9.68. The van der Waals surface area contributed by atoms with Crippen LogP contribution in [0.5, 0.6) is 0 Å². The number of carboxylic acid groups (broad SMARTS) is 1. The summed E-state index contributed by atoms with van der Waals surface area (Å²) in [6.45, 7) is 11.1. The van der Waals surface area contributed by atoms with Gasteiger partial charge in [-0.1, -0.05) is 71.0 Å². The van der Waals surface area contributed by atoms with Gasteiger partial charge >= 0.3 is 5.97 Å². The molecule has 0 saturated carbocycles. The highest BCUT2D eigenvalue weighted by Crippen LogP contribution is 2.24. The minimum absolute atomic E-state index is 0.00212. The number of aliphatic carboxylic acids is 1. The summed E-state index contributed by atoms with van der Waals surface area (Å²) in [5.41, 5.74) is 0.656. The van der Waals surface area contributed by atoms with Gasteiger partial charge in [-0.05, 0) is 37.3 Å². The maximum absolute atomic E-state index is 13.5. The van der Waals surface area contributed by atoms with Gasteiger partial charge in [0, 0.05) is 12.6 Å². The van der Waals surface area contributed by atoms with E-state index in [-0.39, 0.29) is 23.3 Å². The normalized spacial score (nSPS) is 15.1. The summed E-state index contributed by atoms with van der Waals surface area (Å²) in [6, 6.07) is 8.02. The Kier molecular flexibility index (Phi) is 10.1. The van der Waals surface area contributed by atoms with E-state index in [1.165, 1.54) is 6.92 Å². The van der Waals surface area contributed by atoms with Gasteiger partial charge in [0.05, 0.1) is 12.1 Å². The molecule has 0 spiro atoms. The zero-order valence-electron chi connectivity index (χ0n) is 20.6. The third-order valence-corrected chi connectivity index (χ3v) is 5.58. The first kappa shape index (κ1) is 27.4. The summed E-state index contributed by atoms with van der Waals surface area (Å²) >= 11 is 0. The Balaban J connectivity index is 3.13. The number of carbonyl (C=O) groups is 3. The molecular formula is C25H39N3O4. The van der Waals surface area contributed by atoms with Crippen molar-refractivity contribution in [2.45, 2.75) is 66.1 Å². The Bertz CT molecular complexity index is 812. The lowest BCUT2D eigenvalue weighted by molar-refractivity contribution is -0.140. The number of hydrogen-bond donors (Lipinski definition) is 3. The lowest BCUT2D eigenvalue weighted by Crippen LogP contribution is -2.59. The molecule has 178 valence electrons. The van der Waals surface area contributed by atoms with Crippen molar-refractivity contribution < 1.29 is 19.5 Å². The molecule has 3 atom stereocenters. The number of amides is 2. The SMILES string of the molecule is CNC(Cc1ccccc1)C(=O)NC(C(=O)N(C)[C@H](/C=C(\C)C(=O)O)C(C)C)C(C)(C)C. The molecule has 32 heavy (non-hydrogen) atoms. The smallest absolute Gasteiger partial charge is 0.331 e. The molecular weight excluding hydrogens is 406 g/mol. The largest absolute Gasteiger partial charge is 0.478 e. The molecule has 0 bridgehead atoms. The van der Waals surface area contributed by atoms with E-state index in [2.05, 4.69) is 10.6 Å². The number of hydrogen-bond acceptors (Lipinski definition) is 4. The first-order chi connectivity index (χ1) is 14.8. The topological polar surface area (TPSA) is 98.7 Å². The average molecular weight is 446 g/mol. The molecule has 0 fully saturated rings. The average Bonchev–Trinajstić information content (AvgIpc) is 2.72. The molecule has 0 saturated heterocycles. The van der Waals surface area contributed by atoms with E-state index in [0.717, 1.165) is 5.56 Å². The predicted octanol–water partition coefficient (Wildman–Crippen LogP) is 2.86. The number of carbonyl (C=O) groups excluding carboxylic acids is 2. The van der Waals surface area contributed by atoms with Crippen molar-refractivity contribution in [1.29, 1.82) is 0 Å². The van der Waals surface area contributed by atoms with Crippen LogP contribution in [0.4, 0.5) is 0 Å². The van der Waals surface area contributed by atoms with Crippen LogP contribution in [-0.4, -0.2) is 60.0 Å². The van der Waals surface area contributed by atoms with Gasteiger partial charge in [-0.15, -0.1) is 0 Å². The molecule has 3 N–H and O–H groups in total. The van der Waals surface area contributed by atoms with Crippen LogP contribution in [0.15, 0.2) is 42.0 Å². The highest BCUT2D eigenvalue weighted by Gasteiger charge is 2.38. The van der Waals surface area contributed by atoms with Crippen molar-refractivity contribution in [3.63, 3.8) is 0 Å². The van der Waals surface area contributed by atoms with Crippen LogP contribution in [0.1, 0.15) is 47.1 Å². The Labute approximate surface area is 192 Å². The predicted molar refractivity (Wildman–Crippen MR) is 127 cm³/mol. The van der Waals surface area contributed by atoms with E-state index in [4.69, 9.17) is 0 Å². The van der Waals surface area contributed by atoms with Crippen LogP contribution in [-0.2, 0) is 20.8 Å². The van der Waals surface area contributed by atoms with Crippen LogP contribution >= 0.6 is 0 Å². The van der Waals surface area contributed by atoms with Gasteiger partial charge in [-0.2, -0.15) is 0 Å². The van der Waals surface area contributed by atoms with E-state index < -0.39 is 29.5 Å². The van der Waals surface area contributed by atoms with Gasteiger partial charge in [0.15, 0.2) is 0 Å². The number of rotatable bonds is 10. The minimum atomic E-state index is -1.02. The molecule has 0 radical (unpaired) electrons. The molecule has 0 aliphatic rings. The van der Waals surface area contributed by atoms with Crippen molar-refractivity contribution in [1.82, 2.24) is 15.5 Å². The minimum Gasteiger partial charge on any atom is -0.478 e. The molecule has 0 aliphatic carbocycles. The fraction of sp³-hybridized carbons (Fsp3) is 0.560.